The van der Waals surface area contributed by atoms with Gasteiger partial charge in [-0.05, 0) is 148 Å². The van der Waals surface area contributed by atoms with Crippen molar-refractivity contribution in [3.63, 3.8) is 0 Å². The molecule has 0 saturated carbocycles. The molecule has 7 rings (SSSR count). The average molecular weight is 1980 g/mol. The SMILES string of the molecule is CC[C@H](C)[C@H](CC(=O)[C@H]1CCCCN1C)C(=O)N(C)[C@H](C[C@@H](OC(C)=O)c1nc(C(=O)N[C@@H](Cc2ccc(O)c(NC(=O)CCNC(=O)CCN3C(=O)/C=C/SCS/C=C/C(=O)N3CCC(=O)NCCC(=O)Nc3cc(C[C@@H](CC(C)C(=O)O)NC(=O)c4csc([C@@H](C[C@H](C(C)C)N(C)C(=O)[C@@H](CC(=O)[C@H]5CCCCN5C)[C@@H](C)CC)OC(C)=O)n4)ccc3O)c2)CC(C)C(=O)O)cs1)C(C)C. The number of thioether (sulfide) groups is 2. The molecule has 3 aliphatic heterocycles. The predicted octanol–water partition coefficient (Wildman–Crippen LogP) is 11.5. The number of esters is 2. The molecule has 0 radical (unpaired) electrons. The maximum Gasteiger partial charge on any atom is 0.306 e. The van der Waals surface area contributed by atoms with Crippen LogP contribution in [-0.2, 0) is 89.4 Å². The van der Waals surface area contributed by atoms with Gasteiger partial charge in [0.05, 0.1) is 48.4 Å². The number of ketones is 2. The Kier molecular flexibility index (Phi) is 46.1. The third-order valence-corrected chi connectivity index (χ3v) is 29.3. The summed E-state index contributed by atoms with van der Waals surface area (Å²) < 4.78 is 11.7. The second-order valence-corrected chi connectivity index (χ2v) is 40.8. The van der Waals surface area contributed by atoms with Crippen molar-refractivity contribution in [2.75, 3.05) is 83.2 Å². The van der Waals surface area contributed by atoms with Crippen molar-refractivity contribution >= 4 is 152 Å². The highest BCUT2D eigenvalue weighted by molar-refractivity contribution is 8.18. The molecule has 10 amide bonds. The Bertz CT molecular complexity index is 4610. The van der Waals surface area contributed by atoms with E-state index in [4.69, 9.17) is 9.47 Å². The summed E-state index contributed by atoms with van der Waals surface area (Å²) in [5, 5.41) is 67.3. The van der Waals surface area contributed by atoms with Crippen molar-refractivity contribution in [1.29, 1.82) is 0 Å². The van der Waals surface area contributed by atoms with Gasteiger partial charge in [-0.1, -0.05) is 107 Å². The van der Waals surface area contributed by atoms with E-state index in [0.29, 0.717) is 29.1 Å². The Morgan fingerprint density at radius 1 is 0.518 bits per heavy atom. The van der Waals surface area contributed by atoms with E-state index in [-0.39, 0.29) is 194 Å². The van der Waals surface area contributed by atoms with Crippen molar-refractivity contribution in [2.45, 2.75) is 260 Å². The fourth-order valence-corrected chi connectivity index (χ4v) is 20.3. The Balaban J connectivity index is 0.918. The summed E-state index contributed by atoms with van der Waals surface area (Å²) in [5.41, 5.74) is 0.711. The van der Waals surface area contributed by atoms with Gasteiger partial charge < -0.3 is 71.6 Å². The number of ether oxygens (including phenoxy) is 2. The standard InChI is InChI=1S/C97H140N14O22S4/c1-17-58(7)68(49-80(116)74-23-19-21-37-106(74)13)94(126)108(15)76(56(3)4)51-82(132-62(11)112)92-104-72(53-136-92)90(124)100-66(43-60(9)96(128)129)45-64-25-27-78(114)70(47-64)102-86(120)29-35-98-84(118)31-39-110-88(122)33-41-134-55-135-42-34-89(123)111(110)40-32-85(119)99-36-30-87(121)103-71-48-65(26-28-79(71)115)46-67(44-61(10)97(130)131)101-91(125)73-54-137-93(105-73)83(133-63(12)113)52-77(57(5)6)109(16)95(127)69(59(8)18-2)50-81(117)75-24-20-22-38-107(75)14/h25-28,33-34,41-42,47-48,53-54,56-61,66-69,74-77,82-83,114-115H,17-24,29-32,35-40,43-46,49-52,55H2,1-16H3,(H,98,118)(H,99,119)(H,100,124)(H,101,125)(H,102,120)(H,103,121)(H,128,129)(H,130,131)/b41-33+,42-34+/t58-,59-,60?,61?,66+,67+,68-,69-,74+,75+,76+,77+,82+,83+/m0/s1. The minimum atomic E-state index is -1.14. The van der Waals surface area contributed by atoms with Crippen LogP contribution in [-0.4, -0.2) is 263 Å². The van der Waals surface area contributed by atoms with Crippen LogP contribution in [0.25, 0.3) is 0 Å². The molecule has 137 heavy (non-hydrogen) atoms. The van der Waals surface area contributed by atoms with Gasteiger partial charge in [-0.3, -0.25) is 86.5 Å². The highest BCUT2D eigenvalue weighted by atomic mass is 32.2. The predicted molar refractivity (Wildman–Crippen MR) is 523 cm³/mol. The lowest BCUT2D eigenvalue weighted by atomic mass is 9.83. The number of carbonyl (C=O) groups excluding carboxylic acids is 14. The molecule has 3 aliphatic rings. The highest BCUT2D eigenvalue weighted by Crippen LogP contribution is 2.38. The van der Waals surface area contributed by atoms with E-state index in [9.17, 15) is 97.1 Å². The minimum absolute atomic E-state index is 0.000739. The van der Waals surface area contributed by atoms with Gasteiger partial charge in [0.15, 0.2) is 23.8 Å². The number of thiazole rings is 2. The van der Waals surface area contributed by atoms with E-state index in [1.807, 2.05) is 69.5 Å². The van der Waals surface area contributed by atoms with Gasteiger partial charge in [-0.15, -0.1) is 46.2 Å². The molecule has 40 heteroatoms. The summed E-state index contributed by atoms with van der Waals surface area (Å²) in [6.07, 6.45) is 5.94. The summed E-state index contributed by atoms with van der Waals surface area (Å²) in [4.78, 5) is 234. The number of carboxylic acids is 2. The summed E-state index contributed by atoms with van der Waals surface area (Å²) in [7, 11) is 7.26. The number of piperidine rings is 2. The van der Waals surface area contributed by atoms with Gasteiger partial charge in [0.25, 0.3) is 23.6 Å². The molecular formula is C97H140N14O22S4. The number of likely N-dealkylation sites (tertiary alicyclic amines) is 2. The number of amides is 10. The minimum Gasteiger partial charge on any atom is -0.506 e. The first-order valence-electron chi connectivity index (χ1n) is 47.2. The number of aromatic nitrogens is 2. The highest BCUT2D eigenvalue weighted by Gasteiger charge is 2.42. The number of nitrogens with one attached hydrogen (secondary N) is 6. The molecule has 0 spiro atoms. The zero-order valence-electron chi connectivity index (χ0n) is 81.6. The summed E-state index contributed by atoms with van der Waals surface area (Å²) >= 11 is 4.66. The van der Waals surface area contributed by atoms with Crippen LogP contribution < -0.4 is 31.9 Å². The third-order valence-electron chi connectivity index (χ3n) is 25.7. The van der Waals surface area contributed by atoms with E-state index >= 15 is 0 Å². The van der Waals surface area contributed by atoms with E-state index in [1.54, 1.807) is 23.9 Å². The van der Waals surface area contributed by atoms with Crippen LogP contribution in [0, 0.1) is 47.3 Å². The number of anilines is 2. The largest absolute Gasteiger partial charge is 0.506 e. The molecule has 10 N–H and O–H groups in total. The first kappa shape index (κ1) is 113. The van der Waals surface area contributed by atoms with Gasteiger partial charge in [-0.25, -0.2) is 20.0 Å². The van der Waals surface area contributed by atoms with Crippen LogP contribution in [0.4, 0.5) is 11.4 Å². The number of hydrogen-bond acceptors (Lipinski definition) is 28. The summed E-state index contributed by atoms with van der Waals surface area (Å²) in [6.45, 7) is 21.5. The lowest BCUT2D eigenvalue weighted by Crippen LogP contribution is -2.51. The number of carboxylic acid groups (broad SMARTS) is 2. The summed E-state index contributed by atoms with van der Waals surface area (Å²) in [5.74, 6) is -13.5. The van der Waals surface area contributed by atoms with Crippen molar-refractivity contribution in [3.05, 3.63) is 103 Å². The van der Waals surface area contributed by atoms with Crippen LogP contribution in [0.15, 0.2) is 70.1 Å². The molecule has 0 aliphatic carbocycles. The van der Waals surface area contributed by atoms with Gasteiger partial charge >= 0.3 is 23.9 Å². The first-order valence-corrected chi connectivity index (χ1v) is 51.0. The number of nitrogens with zero attached hydrogens (tertiary/aromatic N) is 8. The van der Waals surface area contributed by atoms with Crippen LogP contribution in [0.2, 0.25) is 0 Å². The number of Topliss-reactive ketones (excluding diaryl/α,β-unsaturated/α-hetero) is 2. The van der Waals surface area contributed by atoms with E-state index in [2.05, 4.69) is 51.7 Å². The number of benzene rings is 2. The fourth-order valence-electron chi connectivity index (χ4n) is 17.2. The molecule has 36 nitrogen and oxygen atoms in total. The number of carbonyl (C=O) groups is 16. The molecule has 5 heterocycles. The van der Waals surface area contributed by atoms with Crippen LogP contribution in [0.3, 0.4) is 0 Å². The van der Waals surface area contributed by atoms with Crippen molar-refractivity contribution < 1.29 is 107 Å². The number of hydrogen-bond donors (Lipinski definition) is 10. The van der Waals surface area contributed by atoms with E-state index in [1.165, 1.54) is 121 Å². The van der Waals surface area contributed by atoms with Crippen molar-refractivity contribution in [2.24, 2.45) is 47.3 Å². The number of hydrazine groups is 1. The van der Waals surface area contributed by atoms with Crippen LogP contribution in [0.1, 0.15) is 253 Å². The van der Waals surface area contributed by atoms with Crippen LogP contribution >= 0.6 is 46.2 Å². The van der Waals surface area contributed by atoms with Gasteiger partial charge in [0.2, 0.25) is 35.4 Å². The molecule has 2 aromatic carbocycles. The smallest absolute Gasteiger partial charge is 0.306 e. The van der Waals surface area contributed by atoms with Gasteiger partial charge in [0, 0.05) is 156 Å². The first-order chi connectivity index (χ1) is 64.9. The number of phenolic OH excluding ortho intramolecular Hbond substituents is 2. The Morgan fingerprint density at radius 3 is 1.23 bits per heavy atom. The van der Waals surface area contributed by atoms with E-state index < -0.39 is 144 Å². The number of phenols is 2. The Labute approximate surface area is 819 Å². The summed E-state index contributed by atoms with van der Waals surface area (Å²) in [6, 6.07) is 5.33. The molecule has 754 valence electrons. The molecule has 2 saturated heterocycles. The van der Waals surface area contributed by atoms with Gasteiger partial charge in [-0.2, -0.15) is 0 Å². The van der Waals surface area contributed by atoms with Crippen molar-refractivity contribution in [1.82, 2.24) is 60.9 Å². The zero-order chi connectivity index (χ0) is 101. The molecule has 4 aromatic rings. The maximum absolute atomic E-state index is 14.6. The van der Waals surface area contributed by atoms with E-state index in [0.717, 1.165) is 84.3 Å². The number of aliphatic carboxylic acids is 2. The van der Waals surface area contributed by atoms with Crippen LogP contribution in [0.5, 0.6) is 11.5 Å². The zero-order valence-corrected chi connectivity index (χ0v) is 84.9. The molecular weight excluding hydrogens is 1840 g/mol. The van der Waals surface area contributed by atoms with Gasteiger partial charge in [0.1, 0.15) is 32.9 Å². The quantitative estimate of drug-likeness (QED) is 0.0145. The fraction of sp³-hybridized carbons (Fsp3) is 0.608. The second kappa shape index (κ2) is 55.8. The third kappa shape index (κ3) is 35.6. The molecule has 2 aromatic heterocycles. The number of aromatic hydroxyl groups is 2. The number of likely N-dealkylation sites (N-methyl/N-ethyl adjacent to an activating group) is 2. The monoisotopic (exact) mass is 1980 g/mol. The number of rotatable bonds is 52. The Hall–Kier alpha value is -10.7. The molecule has 2 fully saturated rings. The molecule has 14 atom stereocenters. The molecule has 0 bridgehead atoms. The molecule has 2 unspecified atom stereocenters. The topological polar surface area (TPSA) is 490 Å². The Morgan fingerprint density at radius 2 is 0.891 bits per heavy atom. The second-order valence-electron chi connectivity index (χ2n) is 36.8. The van der Waals surface area contributed by atoms with Crippen molar-refractivity contribution in [3.8, 4) is 11.5 Å². The normalized spacial score (nSPS) is 18.2. The lowest BCUT2D eigenvalue weighted by Gasteiger charge is -2.37. The maximum atomic E-state index is 14.6. The average Bonchev–Trinajstić information content (AvgIpc) is 1.62. The lowest BCUT2D eigenvalue weighted by molar-refractivity contribution is -0.158.